The van der Waals surface area contributed by atoms with Crippen LogP contribution in [-0.2, 0) is 6.61 Å². The van der Waals surface area contributed by atoms with Crippen LogP contribution in [0.25, 0.3) is 5.65 Å². The summed E-state index contributed by atoms with van der Waals surface area (Å²) >= 11 is 0. The zero-order valence-electron chi connectivity index (χ0n) is 16.2. The van der Waals surface area contributed by atoms with Crippen molar-refractivity contribution < 1.29 is 14.6 Å². The molecule has 1 fully saturated rings. The van der Waals surface area contributed by atoms with E-state index in [0.717, 1.165) is 29.7 Å². The molecule has 1 aromatic carbocycles. The highest BCUT2D eigenvalue weighted by Gasteiger charge is 2.29. The average Bonchev–Trinajstić information content (AvgIpc) is 3.09. The monoisotopic (exact) mass is 379 g/mol. The van der Waals surface area contributed by atoms with Gasteiger partial charge in [-0.1, -0.05) is 6.07 Å². The highest BCUT2D eigenvalue weighted by atomic mass is 16.5. The van der Waals surface area contributed by atoms with Crippen LogP contribution in [0, 0.1) is 12.8 Å². The third kappa shape index (κ3) is 3.87. The van der Waals surface area contributed by atoms with E-state index in [1.807, 2.05) is 55.0 Å². The van der Waals surface area contributed by atoms with Crippen LogP contribution in [0.1, 0.15) is 34.5 Å². The number of aryl methyl sites for hydroxylation is 1. The largest absolute Gasteiger partial charge is 0.487 e. The van der Waals surface area contributed by atoms with Crippen molar-refractivity contribution >= 4 is 11.6 Å². The van der Waals surface area contributed by atoms with Crippen LogP contribution in [-0.4, -0.2) is 45.0 Å². The molecule has 1 amide bonds. The Bertz CT molecular complexity index is 974. The van der Waals surface area contributed by atoms with Crippen LogP contribution in [0.15, 0.2) is 48.8 Å². The Hall–Kier alpha value is -2.86. The molecule has 0 spiro atoms. The number of nitrogens with zero attached hydrogens (tertiary/aromatic N) is 3. The Morgan fingerprint density at radius 2 is 2.04 bits per heavy atom. The highest BCUT2D eigenvalue weighted by molar-refractivity contribution is 5.94. The maximum absolute atomic E-state index is 12.5. The minimum atomic E-state index is -0.193. The molecule has 0 radical (unpaired) electrons. The highest BCUT2D eigenvalue weighted by Crippen LogP contribution is 2.28. The minimum Gasteiger partial charge on any atom is -0.487 e. The van der Waals surface area contributed by atoms with Gasteiger partial charge in [0.1, 0.15) is 18.0 Å². The first-order chi connectivity index (χ1) is 13.5. The number of aromatic nitrogens is 2. The molecule has 6 heteroatoms. The molecule has 1 aliphatic carbocycles. The number of pyridine rings is 1. The molecule has 6 nitrogen and oxygen atoms in total. The summed E-state index contributed by atoms with van der Waals surface area (Å²) in [4.78, 5) is 18.9. The summed E-state index contributed by atoms with van der Waals surface area (Å²) < 4.78 is 7.82. The molecule has 2 aromatic heterocycles. The lowest BCUT2D eigenvalue weighted by atomic mass is 9.82. The van der Waals surface area contributed by atoms with Crippen LogP contribution in [0.4, 0.5) is 0 Å². The number of benzene rings is 1. The summed E-state index contributed by atoms with van der Waals surface area (Å²) in [6.07, 6.45) is 5.31. The molecule has 146 valence electrons. The number of imidazole rings is 1. The van der Waals surface area contributed by atoms with E-state index >= 15 is 0 Å². The van der Waals surface area contributed by atoms with Crippen LogP contribution in [0.5, 0.6) is 5.75 Å². The lowest BCUT2D eigenvalue weighted by molar-refractivity contribution is 0.0265. The molecular weight excluding hydrogens is 354 g/mol. The fraction of sp³-hybridized carbons (Fsp3) is 0.364. The number of hydrogen-bond donors (Lipinski definition) is 1. The number of fused-ring (bicyclic) bond motifs is 1. The van der Waals surface area contributed by atoms with E-state index in [4.69, 9.17) is 4.74 Å². The summed E-state index contributed by atoms with van der Waals surface area (Å²) in [5.41, 5.74) is 3.55. The van der Waals surface area contributed by atoms with Crippen LogP contribution in [0.3, 0.4) is 0 Å². The van der Waals surface area contributed by atoms with E-state index in [1.54, 1.807) is 17.0 Å². The van der Waals surface area contributed by atoms with E-state index in [1.165, 1.54) is 0 Å². The summed E-state index contributed by atoms with van der Waals surface area (Å²) in [7, 11) is 1.81. The van der Waals surface area contributed by atoms with Gasteiger partial charge in [-0.15, -0.1) is 0 Å². The van der Waals surface area contributed by atoms with Crippen molar-refractivity contribution in [3.8, 4) is 5.75 Å². The zero-order chi connectivity index (χ0) is 19.7. The van der Waals surface area contributed by atoms with Gasteiger partial charge in [-0.3, -0.25) is 4.79 Å². The van der Waals surface area contributed by atoms with Gasteiger partial charge in [-0.2, -0.15) is 0 Å². The third-order valence-electron chi connectivity index (χ3n) is 5.31. The van der Waals surface area contributed by atoms with Gasteiger partial charge in [-0.05, 0) is 61.6 Å². The second-order valence-electron chi connectivity index (χ2n) is 7.64. The van der Waals surface area contributed by atoms with Crippen molar-refractivity contribution in [1.29, 1.82) is 0 Å². The number of carbonyl (C=O) groups is 1. The summed E-state index contributed by atoms with van der Waals surface area (Å²) in [6, 6.07) is 11.2. The molecule has 0 bridgehead atoms. The molecule has 0 unspecified atom stereocenters. The molecule has 1 saturated carbocycles. The molecule has 2 heterocycles. The maximum atomic E-state index is 12.5. The summed E-state index contributed by atoms with van der Waals surface area (Å²) in [5, 5.41) is 9.38. The number of aliphatic hydroxyl groups excluding tert-OH is 1. The molecule has 0 saturated heterocycles. The minimum absolute atomic E-state index is 0.0104. The Kier molecular flexibility index (Phi) is 5.05. The number of hydrogen-bond acceptors (Lipinski definition) is 4. The van der Waals surface area contributed by atoms with Crippen LogP contribution < -0.4 is 4.74 Å². The first kappa shape index (κ1) is 18.5. The molecule has 3 aromatic rings. The summed E-state index contributed by atoms with van der Waals surface area (Å²) in [5.74, 6) is 1.10. The molecule has 0 aliphatic heterocycles. The molecule has 28 heavy (non-hydrogen) atoms. The second kappa shape index (κ2) is 7.64. The lowest BCUT2D eigenvalue weighted by Gasteiger charge is -2.34. The summed E-state index contributed by atoms with van der Waals surface area (Å²) in [6.45, 7) is 3.09. The van der Waals surface area contributed by atoms with E-state index in [9.17, 15) is 9.90 Å². The second-order valence-corrected chi connectivity index (χ2v) is 7.64. The lowest BCUT2D eigenvalue weighted by Crippen LogP contribution is -2.39. The van der Waals surface area contributed by atoms with Gasteiger partial charge < -0.3 is 19.1 Å². The standard InChI is InChI=1S/C22H25N3O3/c1-15-4-3-9-25-13-18(23-21(15)25)14-28-20-7-5-17(6-8-20)22(27)24(2)12-16-10-19(26)11-16/h3-9,13,16,19,26H,10-12,14H2,1-2H3. The quantitative estimate of drug-likeness (QED) is 0.715. The van der Waals surface area contributed by atoms with Crippen LogP contribution in [0.2, 0.25) is 0 Å². The fourth-order valence-corrected chi connectivity index (χ4v) is 3.67. The van der Waals surface area contributed by atoms with Crippen molar-refractivity contribution in [2.24, 2.45) is 5.92 Å². The van der Waals surface area contributed by atoms with Crippen molar-refractivity contribution in [3.05, 3.63) is 65.6 Å². The number of aliphatic hydroxyl groups is 1. The smallest absolute Gasteiger partial charge is 0.253 e. The third-order valence-corrected chi connectivity index (χ3v) is 5.31. The zero-order valence-corrected chi connectivity index (χ0v) is 16.2. The van der Waals surface area contributed by atoms with Gasteiger partial charge in [0.2, 0.25) is 0 Å². The number of amides is 1. The van der Waals surface area contributed by atoms with E-state index < -0.39 is 0 Å². The molecular formula is C22H25N3O3. The molecule has 0 atom stereocenters. The van der Waals surface area contributed by atoms with Gasteiger partial charge in [0.05, 0.1) is 11.8 Å². The van der Waals surface area contributed by atoms with Crippen molar-refractivity contribution in [3.63, 3.8) is 0 Å². The predicted octanol–water partition coefficient (Wildman–Crippen LogP) is 3.06. The van der Waals surface area contributed by atoms with Crippen LogP contribution >= 0.6 is 0 Å². The molecule has 4 rings (SSSR count). The fourth-order valence-electron chi connectivity index (χ4n) is 3.67. The maximum Gasteiger partial charge on any atom is 0.253 e. The topological polar surface area (TPSA) is 67.1 Å². The van der Waals surface area contributed by atoms with Crippen molar-refractivity contribution in [2.75, 3.05) is 13.6 Å². The molecule has 1 N–H and O–H groups in total. The van der Waals surface area contributed by atoms with E-state index in [0.29, 0.717) is 30.4 Å². The van der Waals surface area contributed by atoms with Gasteiger partial charge in [0.25, 0.3) is 5.91 Å². The van der Waals surface area contributed by atoms with E-state index in [-0.39, 0.29) is 12.0 Å². The van der Waals surface area contributed by atoms with E-state index in [2.05, 4.69) is 4.98 Å². The van der Waals surface area contributed by atoms with Gasteiger partial charge in [0, 0.05) is 31.5 Å². The average molecular weight is 379 g/mol. The molecule has 1 aliphatic rings. The Balaban J connectivity index is 1.34. The Morgan fingerprint density at radius 3 is 2.71 bits per heavy atom. The van der Waals surface area contributed by atoms with Crippen molar-refractivity contribution in [1.82, 2.24) is 14.3 Å². The Morgan fingerprint density at radius 1 is 1.29 bits per heavy atom. The number of ether oxygens (including phenoxy) is 1. The first-order valence-electron chi connectivity index (χ1n) is 9.59. The van der Waals surface area contributed by atoms with Crippen molar-refractivity contribution in [2.45, 2.75) is 32.5 Å². The Labute approximate surface area is 164 Å². The SMILES string of the molecule is Cc1cccn2cc(COc3ccc(C(=O)N(C)CC4CC(O)C4)cc3)nc12. The first-order valence-corrected chi connectivity index (χ1v) is 9.59. The van der Waals surface area contributed by atoms with Gasteiger partial charge in [0.15, 0.2) is 0 Å². The normalized spacial score (nSPS) is 18.7. The number of rotatable bonds is 6. The number of carbonyl (C=O) groups excluding carboxylic acids is 1. The predicted molar refractivity (Wildman–Crippen MR) is 106 cm³/mol. The van der Waals surface area contributed by atoms with Gasteiger partial charge in [-0.25, -0.2) is 4.98 Å². The van der Waals surface area contributed by atoms with Gasteiger partial charge >= 0.3 is 0 Å².